The first-order valence-corrected chi connectivity index (χ1v) is 10.6. The number of aromatic nitrogens is 2. The second-order valence-electron chi connectivity index (χ2n) is 7.92. The van der Waals surface area contributed by atoms with Gasteiger partial charge in [0, 0.05) is 63.3 Å². The number of aliphatic hydroxyl groups excluding tert-OH is 1. The van der Waals surface area contributed by atoms with E-state index in [4.69, 9.17) is 9.47 Å². The van der Waals surface area contributed by atoms with Crippen LogP contribution < -0.4 is 14.4 Å². The van der Waals surface area contributed by atoms with Gasteiger partial charge in [0.15, 0.2) is 0 Å². The van der Waals surface area contributed by atoms with Crippen molar-refractivity contribution < 1.29 is 19.0 Å². The maximum Gasteiger partial charge on any atom is 0.146 e. The highest BCUT2D eigenvalue weighted by molar-refractivity contribution is 5.57. The van der Waals surface area contributed by atoms with Crippen molar-refractivity contribution in [1.82, 2.24) is 14.5 Å². The van der Waals surface area contributed by atoms with Gasteiger partial charge in [-0.25, -0.2) is 9.37 Å². The van der Waals surface area contributed by atoms with Gasteiger partial charge in [0.25, 0.3) is 0 Å². The Morgan fingerprint density at radius 2 is 1.88 bits per heavy atom. The van der Waals surface area contributed by atoms with Crippen LogP contribution in [0.25, 0.3) is 0 Å². The number of hydrogen-bond donors (Lipinski definition) is 1. The number of nitrogens with zero attached hydrogens (tertiary/aromatic N) is 4. The summed E-state index contributed by atoms with van der Waals surface area (Å²) in [5, 5.41) is 10.9. The Hall–Kier alpha value is -3.10. The summed E-state index contributed by atoms with van der Waals surface area (Å²) >= 11 is 0. The molecule has 0 amide bonds. The van der Waals surface area contributed by atoms with E-state index in [1.165, 1.54) is 6.07 Å². The number of methoxy groups -OCH3 is 2. The summed E-state index contributed by atoms with van der Waals surface area (Å²) in [6.07, 6.45) is 2.39. The summed E-state index contributed by atoms with van der Waals surface area (Å²) in [6.45, 7) is 3.52. The average molecular weight is 441 g/mol. The van der Waals surface area contributed by atoms with Gasteiger partial charge < -0.3 is 24.0 Å². The Bertz CT molecular complexity index is 1060. The molecule has 0 radical (unpaired) electrons. The molecule has 1 unspecified atom stereocenters. The summed E-state index contributed by atoms with van der Waals surface area (Å²) in [4.78, 5) is 8.56. The molecule has 170 valence electrons. The third-order valence-corrected chi connectivity index (χ3v) is 5.99. The Balaban J connectivity index is 1.50. The molecule has 1 N–H and O–H groups in total. The SMILES string of the molecule is COc1ccc(OC)c(CN2CCN(c3c(F)cccc3C(O)c3nccn3C)CC2)c1. The molecule has 8 heteroatoms. The monoisotopic (exact) mass is 440 g/mol. The molecular formula is C24H29FN4O3. The number of halogens is 1. The quantitative estimate of drug-likeness (QED) is 0.610. The number of piperazine rings is 1. The van der Waals surface area contributed by atoms with Gasteiger partial charge in [-0.15, -0.1) is 0 Å². The van der Waals surface area contributed by atoms with Crippen LogP contribution in [0.5, 0.6) is 11.5 Å². The fourth-order valence-electron chi connectivity index (χ4n) is 4.24. The molecule has 4 rings (SSSR count). The summed E-state index contributed by atoms with van der Waals surface area (Å²) in [5.41, 5.74) is 2.03. The highest BCUT2D eigenvalue weighted by atomic mass is 19.1. The second kappa shape index (κ2) is 9.58. The van der Waals surface area contributed by atoms with Gasteiger partial charge in [0.2, 0.25) is 0 Å². The molecule has 0 saturated carbocycles. The van der Waals surface area contributed by atoms with E-state index < -0.39 is 6.10 Å². The van der Waals surface area contributed by atoms with Crippen molar-refractivity contribution in [2.24, 2.45) is 7.05 Å². The maximum absolute atomic E-state index is 14.9. The van der Waals surface area contributed by atoms with Crippen molar-refractivity contribution in [2.45, 2.75) is 12.6 Å². The summed E-state index contributed by atoms with van der Waals surface area (Å²) in [7, 11) is 5.13. The van der Waals surface area contributed by atoms with Crippen LogP contribution in [0.2, 0.25) is 0 Å². The first-order chi connectivity index (χ1) is 15.5. The fourth-order valence-corrected chi connectivity index (χ4v) is 4.24. The molecule has 3 aromatic rings. The number of rotatable bonds is 7. The third-order valence-electron chi connectivity index (χ3n) is 5.99. The van der Waals surface area contributed by atoms with Gasteiger partial charge in [0.1, 0.15) is 29.2 Å². The highest BCUT2D eigenvalue weighted by Crippen LogP contribution is 2.33. The average Bonchev–Trinajstić information content (AvgIpc) is 3.25. The lowest BCUT2D eigenvalue weighted by Crippen LogP contribution is -2.46. The summed E-state index contributed by atoms with van der Waals surface area (Å²) in [6, 6.07) is 10.6. The molecule has 0 bridgehead atoms. The molecule has 1 aliphatic rings. The van der Waals surface area contributed by atoms with Crippen LogP contribution in [0.1, 0.15) is 23.1 Å². The summed E-state index contributed by atoms with van der Waals surface area (Å²) in [5.74, 6) is 1.76. The van der Waals surface area contributed by atoms with Crippen molar-refractivity contribution >= 4 is 5.69 Å². The highest BCUT2D eigenvalue weighted by Gasteiger charge is 2.27. The van der Waals surface area contributed by atoms with Gasteiger partial charge in [-0.1, -0.05) is 12.1 Å². The van der Waals surface area contributed by atoms with Crippen LogP contribution in [0.4, 0.5) is 10.1 Å². The van der Waals surface area contributed by atoms with Gasteiger partial charge in [-0.05, 0) is 24.3 Å². The summed E-state index contributed by atoms with van der Waals surface area (Å²) < 4.78 is 27.5. The largest absolute Gasteiger partial charge is 0.497 e. The Morgan fingerprint density at radius 1 is 1.09 bits per heavy atom. The van der Waals surface area contributed by atoms with Crippen LogP contribution in [0.3, 0.4) is 0 Å². The molecule has 2 aromatic carbocycles. The van der Waals surface area contributed by atoms with Gasteiger partial charge in [0.05, 0.1) is 19.9 Å². The topological polar surface area (TPSA) is 63.0 Å². The number of para-hydroxylation sites is 1. The van der Waals surface area contributed by atoms with Crippen LogP contribution in [-0.4, -0.2) is 60.0 Å². The minimum atomic E-state index is -1.00. The number of hydrogen-bond acceptors (Lipinski definition) is 6. The minimum absolute atomic E-state index is 0.335. The molecule has 32 heavy (non-hydrogen) atoms. The molecule has 0 aliphatic carbocycles. The molecule has 1 saturated heterocycles. The van der Waals surface area contributed by atoms with Crippen LogP contribution in [-0.2, 0) is 13.6 Å². The van der Waals surface area contributed by atoms with E-state index in [0.717, 1.165) is 30.2 Å². The van der Waals surface area contributed by atoms with Gasteiger partial charge >= 0.3 is 0 Å². The van der Waals surface area contributed by atoms with E-state index in [0.29, 0.717) is 36.7 Å². The van der Waals surface area contributed by atoms with E-state index >= 15 is 0 Å². The lowest BCUT2D eigenvalue weighted by Gasteiger charge is -2.37. The van der Waals surface area contributed by atoms with Crippen LogP contribution in [0.15, 0.2) is 48.8 Å². The molecule has 2 heterocycles. The lowest BCUT2D eigenvalue weighted by molar-refractivity contribution is 0.205. The van der Waals surface area contributed by atoms with E-state index in [2.05, 4.69) is 9.88 Å². The van der Waals surface area contributed by atoms with Crippen molar-refractivity contribution in [2.75, 3.05) is 45.3 Å². The zero-order chi connectivity index (χ0) is 22.7. The first kappa shape index (κ1) is 22.1. The number of imidazole rings is 1. The van der Waals surface area contributed by atoms with Crippen molar-refractivity contribution in [3.8, 4) is 11.5 Å². The Kier molecular flexibility index (Phi) is 6.62. The zero-order valence-electron chi connectivity index (χ0n) is 18.7. The Labute approximate surface area is 187 Å². The predicted octanol–water partition coefficient (Wildman–Crippen LogP) is 2.98. The van der Waals surface area contributed by atoms with E-state index in [9.17, 15) is 9.50 Å². The number of aryl methyl sites for hydroxylation is 1. The van der Waals surface area contributed by atoms with Crippen molar-refractivity contribution in [3.63, 3.8) is 0 Å². The van der Waals surface area contributed by atoms with E-state index in [1.54, 1.807) is 43.3 Å². The number of ether oxygens (including phenoxy) is 2. The lowest BCUT2D eigenvalue weighted by atomic mass is 10.0. The van der Waals surface area contributed by atoms with Crippen LogP contribution >= 0.6 is 0 Å². The van der Waals surface area contributed by atoms with Crippen molar-refractivity contribution in [1.29, 1.82) is 0 Å². The number of anilines is 1. The fraction of sp³-hybridized carbons (Fsp3) is 0.375. The zero-order valence-corrected chi connectivity index (χ0v) is 18.7. The molecule has 7 nitrogen and oxygen atoms in total. The molecule has 1 aromatic heterocycles. The first-order valence-electron chi connectivity index (χ1n) is 10.6. The minimum Gasteiger partial charge on any atom is -0.497 e. The molecule has 1 atom stereocenters. The second-order valence-corrected chi connectivity index (χ2v) is 7.92. The Morgan fingerprint density at radius 3 is 2.53 bits per heavy atom. The molecular weight excluding hydrogens is 411 g/mol. The normalized spacial score (nSPS) is 15.6. The van der Waals surface area contributed by atoms with Crippen LogP contribution in [0, 0.1) is 5.82 Å². The predicted molar refractivity (Wildman–Crippen MR) is 121 cm³/mol. The molecule has 1 fully saturated rings. The molecule has 0 spiro atoms. The van der Waals surface area contributed by atoms with E-state index in [-0.39, 0.29) is 5.82 Å². The maximum atomic E-state index is 14.9. The van der Waals surface area contributed by atoms with Gasteiger partial charge in [-0.3, -0.25) is 4.90 Å². The van der Waals surface area contributed by atoms with Crippen molar-refractivity contribution in [3.05, 3.63) is 71.6 Å². The standard InChI is InChI=1S/C24H29FN4O3/c1-27-10-9-26-24(27)23(30)19-5-4-6-20(25)22(19)29-13-11-28(12-14-29)16-17-15-18(31-2)7-8-21(17)32-3/h4-10,15,23,30H,11-14,16H2,1-3H3. The van der Waals surface area contributed by atoms with E-state index in [1.807, 2.05) is 30.1 Å². The molecule has 1 aliphatic heterocycles. The smallest absolute Gasteiger partial charge is 0.146 e. The third kappa shape index (κ3) is 4.42. The number of benzene rings is 2. The number of aliphatic hydroxyl groups is 1. The van der Waals surface area contributed by atoms with Gasteiger partial charge in [-0.2, -0.15) is 0 Å².